The van der Waals surface area contributed by atoms with Crippen molar-refractivity contribution in [1.29, 1.82) is 10.5 Å². The Bertz CT molecular complexity index is 2890. The molecule has 4 heteroatoms. The molecule has 0 amide bonds. The normalized spacial score (nSPS) is 11.4. The Morgan fingerprint density at radius 1 is 0.460 bits per heavy atom. The van der Waals surface area contributed by atoms with E-state index in [0.29, 0.717) is 11.1 Å². The fraction of sp³-hybridized carbons (Fsp3) is 0.0435. The number of nitrogens with zero attached hydrogens (tertiary/aromatic N) is 4. The van der Waals surface area contributed by atoms with Crippen LogP contribution in [0.3, 0.4) is 0 Å². The van der Waals surface area contributed by atoms with E-state index in [0.717, 1.165) is 77.6 Å². The number of benzene rings is 7. The summed E-state index contributed by atoms with van der Waals surface area (Å²) in [5.74, 6) is 0. The summed E-state index contributed by atoms with van der Waals surface area (Å²) >= 11 is 0. The summed E-state index contributed by atoms with van der Waals surface area (Å²) in [7, 11) is 0. The fourth-order valence-electron chi connectivity index (χ4n) is 7.86. The number of para-hydroxylation sites is 4. The van der Waals surface area contributed by atoms with Crippen LogP contribution in [-0.4, -0.2) is 9.13 Å². The van der Waals surface area contributed by atoms with Gasteiger partial charge in [0.1, 0.15) is 12.1 Å². The van der Waals surface area contributed by atoms with E-state index in [1.165, 1.54) is 10.8 Å². The number of fused-ring (bicyclic) bond motifs is 6. The molecule has 2 aromatic heterocycles. The third-order valence-corrected chi connectivity index (χ3v) is 10.0. The van der Waals surface area contributed by atoms with Gasteiger partial charge >= 0.3 is 0 Å². The lowest BCUT2D eigenvalue weighted by atomic mass is 9.91. The van der Waals surface area contributed by atoms with Crippen molar-refractivity contribution in [3.63, 3.8) is 0 Å². The van der Waals surface area contributed by atoms with Crippen LogP contribution in [0.2, 0.25) is 0 Å². The molecule has 0 unspecified atom stereocenters. The van der Waals surface area contributed by atoms with Crippen molar-refractivity contribution >= 4 is 43.6 Å². The van der Waals surface area contributed by atoms with Crippen LogP contribution < -0.4 is 0 Å². The molecule has 0 fully saturated rings. The van der Waals surface area contributed by atoms with Gasteiger partial charge in [-0.05, 0) is 90.7 Å². The molecule has 0 bridgehead atoms. The monoisotopic (exact) mass is 638 g/mol. The average Bonchev–Trinajstić information content (AvgIpc) is 3.67. The molecule has 0 atom stereocenters. The maximum atomic E-state index is 10.5. The number of hydrogen-bond acceptors (Lipinski definition) is 2. The number of nitriles is 2. The van der Waals surface area contributed by atoms with Crippen molar-refractivity contribution < 1.29 is 0 Å². The third-order valence-electron chi connectivity index (χ3n) is 10.0. The predicted octanol–water partition coefficient (Wildman–Crippen LogP) is 11.6. The molecule has 234 valence electrons. The highest BCUT2D eigenvalue weighted by molar-refractivity contribution is 6.16. The Morgan fingerprint density at radius 2 is 1.08 bits per heavy atom. The van der Waals surface area contributed by atoms with Crippen molar-refractivity contribution in [1.82, 2.24) is 9.13 Å². The molecule has 2 heterocycles. The third kappa shape index (κ3) is 4.30. The molecule has 0 spiro atoms. The lowest BCUT2D eigenvalue weighted by molar-refractivity contribution is 1.12. The topological polar surface area (TPSA) is 57.4 Å². The summed E-state index contributed by atoms with van der Waals surface area (Å²) < 4.78 is 4.68. The van der Waals surface area contributed by atoms with Crippen LogP contribution >= 0.6 is 0 Å². The van der Waals surface area contributed by atoms with Gasteiger partial charge in [-0.2, -0.15) is 10.5 Å². The van der Waals surface area contributed by atoms with E-state index in [1.54, 1.807) is 6.07 Å². The zero-order chi connectivity index (χ0) is 33.9. The number of rotatable bonds is 4. The quantitative estimate of drug-likeness (QED) is 0.193. The number of hydrogen-bond donors (Lipinski definition) is 0. The molecule has 0 saturated heterocycles. The predicted molar refractivity (Wildman–Crippen MR) is 205 cm³/mol. The smallest absolute Gasteiger partial charge is 0.101 e. The Balaban J connectivity index is 1.41. The van der Waals surface area contributed by atoms with Gasteiger partial charge in [0.15, 0.2) is 0 Å². The number of aryl methyl sites for hydroxylation is 2. The minimum Gasteiger partial charge on any atom is -0.309 e. The zero-order valence-corrected chi connectivity index (χ0v) is 27.6. The van der Waals surface area contributed by atoms with Crippen LogP contribution in [0.1, 0.15) is 22.3 Å². The second kappa shape index (κ2) is 11.4. The van der Waals surface area contributed by atoms with Gasteiger partial charge in [0, 0.05) is 38.4 Å². The van der Waals surface area contributed by atoms with Crippen molar-refractivity contribution in [3.8, 4) is 45.8 Å². The van der Waals surface area contributed by atoms with E-state index < -0.39 is 0 Å². The molecule has 0 N–H and O–H groups in total. The standard InChI is InChI=1S/C46H30N4/c1-29-12-10-13-30(2)45(29)50-43-21-9-7-18-37(43)40-26-33(25-39(46(40)50)35-19-11-14-32(27-47)41(35)28-48)31-22-23-44-38(24-31)36-17-6-8-20-42(36)49(44)34-15-4-3-5-16-34/h3-26H,1-2H3. The first-order valence-corrected chi connectivity index (χ1v) is 16.7. The Labute approximate surface area is 289 Å². The first kappa shape index (κ1) is 29.3. The van der Waals surface area contributed by atoms with Crippen molar-refractivity contribution in [3.05, 3.63) is 168 Å². The summed E-state index contributed by atoms with van der Waals surface area (Å²) in [5.41, 5.74) is 13.5. The molecule has 4 nitrogen and oxygen atoms in total. The molecular weight excluding hydrogens is 609 g/mol. The van der Waals surface area contributed by atoms with E-state index in [4.69, 9.17) is 0 Å². The Morgan fingerprint density at radius 3 is 1.80 bits per heavy atom. The highest BCUT2D eigenvalue weighted by Gasteiger charge is 2.23. The van der Waals surface area contributed by atoms with Gasteiger partial charge in [-0.1, -0.05) is 91.0 Å². The Hall–Kier alpha value is -6.88. The van der Waals surface area contributed by atoms with E-state index in [1.807, 2.05) is 18.2 Å². The highest BCUT2D eigenvalue weighted by Crippen LogP contribution is 2.44. The summed E-state index contributed by atoms with van der Waals surface area (Å²) in [5, 5.41) is 25.1. The van der Waals surface area contributed by atoms with Gasteiger partial charge in [-0.15, -0.1) is 0 Å². The van der Waals surface area contributed by atoms with Crippen molar-refractivity contribution in [2.24, 2.45) is 0 Å². The lowest BCUT2D eigenvalue weighted by Gasteiger charge is -2.18. The minimum absolute atomic E-state index is 0.369. The lowest BCUT2D eigenvalue weighted by Crippen LogP contribution is -2.02. The van der Waals surface area contributed by atoms with Gasteiger partial charge in [-0.25, -0.2) is 0 Å². The zero-order valence-electron chi connectivity index (χ0n) is 27.6. The van der Waals surface area contributed by atoms with Crippen LogP contribution in [-0.2, 0) is 0 Å². The highest BCUT2D eigenvalue weighted by atomic mass is 15.0. The maximum absolute atomic E-state index is 10.5. The molecule has 0 radical (unpaired) electrons. The second-order valence-corrected chi connectivity index (χ2v) is 12.9. The molecule has 9 aromatic rings. The largest absolute Gasteiger partial charge is 0.309 e. The van der Waals surface area contributed by atoms with Crippen LogP contribution in [0.25, 0.3) is 77.2 Å². The van der Waals surface area contributed by atoms with E-state index in [2.05, 4.69) is 156 Å². The molecule has 0 saturated carbocycles. The summed E-state index contributed by atoms with van der Waals surface area (Å²) in [6.45, 7) is 4.30. The minimum atomic E-state index is 0.369. The molecule has 0 aliphatic carbocycles. The molecule has 0 aliphatic heterocycles. The van der Waals surface area contributed by atoms with E-state index in [9.17, 15) is 10.5 Å². The summed E-state index contributed by atoms with van der Waals surface area (Å²) in [6, 6.07) is 55.4. The van der Waals surface area contributed by atoms with E-state index in [-0.39, 0.29) is 0 Å². The van der Waals surface area contributed by atoms with Crippen molar-refractivity contribution in [2.75, 3.05) is 0 Å². The van der Waals surface area contributed by atoms with Gasteiger partial charge in [0.2, 0.25) is 0 Å². The molecule has 9 rings (SSSR count). The number of aromatic nitrogens is 2. The Kier molecular flexibility index (Phi) is 6.66. The fourth-order valence-corrected chi connectivity index (χ4v) is 7.86. The van der Waals surface area contributed by atoms with Gasteiger partial charge in [0.05, 0.1) is 38.9 Å². The van der Waals surface area contributed by atoms with Crippen LogP contribution in [0.5, 0.6) is 0 Å². The van der Waals surface area contributed by atoms with Gasteiger partial charge < -0.3 is 9.13 Å². The maximum Gasteiger partial charge on any atom is 0.101 e. The molecule has 0 aliphatic rings. The van der Waals surface area contributed by atoms with Crippen LogP contribution in [0.15, 0.2) is 146 Å². The van der Waals surface area contributed by atoms with Crippen molar-refractivity contribution in [2.45, 2.75) is 13.8 Å². The van der Waals surface area contributed by atoms with Gasteiger partial charge in [-0.3, -0.25) is 0 Å². The SMILES string of the molecule is Cc1cccc(C)c1-n1c2ccccc2c2cc(-c3ccc4c(c3)c3ccccc3n4-c3ccccc3)cc(-c3cccc(C#N)c3C#N)c21. The molecule has 50 heavy (non-hydrogen) atoms. The first-order chi connectivity index (χ1) is 24.6. The van der Waals surface area contributed by atoms with Crippen LogP contribution in [0, 0.1) is 36.5 Å². The molecular formula is C46H30N4. The van der Waals surface area contributed by atoms with Crippen LogP contribution in [0.4, 0.5) is 0 Å². The summed E-state index contributed by atoms with van der Waals surface area (Å²) in [6.07, 6.45) is 0. The first-order valence-electron chi connectivity index (χ1n) is 16.7. The average molecular weight is 639 g/mol. The van der Waals surface area contributed by atoms with Gasteiger partial charge in [0.25, 0.3) is 0 Å². The molecule has 7 aromatic carbocycles. The summed E-state index contributed by atoms with van der Waals surface area (Å²) in [4.78, 5) is 0. The second-order valence-electron chi connectivity index (χ2n) is 12.9. The van der Waals surface area contributed by atoms with E-state index >= 15 is 0 Å².